The van der Waals surface area contributed by atoms with Crippen molar-refractivity contribution >= 4 is 23.5 Å². The minimum absolute atomic E-state index is 0.00214. The molecule has 0 radical (unpaired) electrons. The summed E-state index contributed by atoms with van der Waals surface area (Å²) in [5, 5.41) is 9.24. The zero-order valence-corrected chi connectivity index (χ0v) is 13.5. The summed E-state index contributed by atoms with van der Waals surface area (Å²) in [6.07, 6.45) is 1.28. The third kappa shape index (κ3) is 4.37. The summed E-state index contributed by atoms with van der Waals surface area (Å²) in [7, 11) is 2.87. The molecule has 0 aliphatic carbocycles. The lowest BCUT2D eigenvalue weighted by atomic mass is 10.1. The maximum Gasteiger partial charge on any atom is 0.336 e. The molecule has 0 aliphatic heterocycles. The summed E-state index contributed by atoms with van der Waals surface area (Å²) in [5.74, 6) is -0.437. The van der Waals surface area contributed by atoms with Crippen molar-refractivity contribution in [2.45, 2.75) is 25.5 Å². The topological polar surface area (TPSA) is 91.2 Å². The van der Waals surface area contributed by atoms with E-state index in [0.29, 0.717) is 17.1 Å². The van der Waals surface area contributed by atoms with Gasteiger partial charge in [0.15, 0.2) is 11.5 Å². The number of hydrogen-bond acceptors (Lipinski definition) is 5. The highest BCUT2D eigenvalue weighted by molar-refractivity contribution is 7.91. The van der Waals surface area contributed by atoms with Gasteiger partial charge in [0, 0.05) is 5.56 Å². The van der Waals surface area contributed by atoms with Gasteiger partial charge in [-0.2, -0.15) is 0 Å². The Labute approximate surface area is 127 Å². The molecular weight excluding hydrogens is 294 g/mol. The Morgan fingerprint density at radius 3 is 2.24 bits per heavy atom. The summed E-state index contributed by atoms with van der Waals surface area (Å²) < 4.78 is 25.5. The number of methoxy groups -OCH3 is 2. The third-order valence-corrected chi connectivity index (χ3v) is 3.94. The first-order valence-corrected chi connectivity index (χ1v) is 7.26. The van der Waals surface area contributed by atoms with Gasteiger partial charge in [-0.25, -0.2) is 4.79 Å². The Morgan fingerprint density at radius 2 is 1.81 bits per heavy atom. The van der Waals surface area contributed by atoms with Crippen molar-refractivity contribution in [3.8, 4) is 11.5 Å². The number of nitrogens with zero attached hydrogens (tertiary/aromatic N) is 1. The number of aromatic carboxylic acids is 1. The van der Waals surface area contributed by atoms with Crippen LogP contribution in [0, 0.1) is 0 Å². The molecule has 0 aromatic heterocycles. The molecular formula is C14H19NO5S. The second kappa shape index (κ2) is 6.82. The van der Waals surface area contributed by atoms with Crippen LogP contribution in [-0.2, 0) is 11.4 Å². The van der Waals surface area contributed by atoms with E-state index in [2.05, 4.69) is 4.40 Å². The maximum atomic E-state index is 11.9. The molecule has 7 heteroatoms. The number of carboxylic acids is 1. The molecule has 1 N–H and O–H groups in total. The van der Waals surface area contributed by atoms with Crippen molar-refractivity contribution in [3.05, 3.63) is 23.3 Å². The highest BCUT2D eigenvalue weighted by atomic mass is 32.2. The number of benzene rings is 1. The molecule has 0 saturated heterocycles. The van der Waals surface area contributed by atoms with Crippen LogP contribution in [0.1, 0.15) is 36.7 Å². The predicted molar refractivity (Wildman–Crippen MR) is 82.0 cm³/mol. The molecule has 0 saturated carbocycles. The second-order valence-corrected chi connectivity index (χ2v) is 7.13. The van der Waals surface area contributed by atoms with Crippen LogP contribution < -0.4 is 9.47 Å². The van der Waals surface area contributed by atoms with Gasteiger partial charge < -0.3 is 19.1 Å². The molecule has 1 aromatic rings. The van der Waals surface area contributed by atoms with E-state index in [9.17, 15) is 14.5 Å². The fraction of sp³-hybridized carbons (Fsp3) is 0.429. The van der Waals surface area contributed by atoms with Gasteiger partial charge >= 0.3 is 5.97 Å². The molecule has 21 heavy (non-hydrogen) atoms. The molecule has 0 aliphatic rings. The Morgan fingerprint density at radius 1 is 1.29 bits per heavy atom. The first kappa shape index (κ1) is 17.3. The smallest absolute Gasteiger partial charge is 0.336 e. The lowest BCUT2D eigenvalue weighted by molar-refractivity contribution is 0.0696. The van der Waals surface area contributed by atoms with Crippen LogP contribution in [0.3, 0.4) is 0 Å². The van der Waals surface area contributed by atoms with E-state index in [1.165, 1.54) is 32.6 Å². The van der Waals surface area contributed by atoms with Crippen molar-refractivity contribution in [1.82, 2.24) is 0 Å². The SMILES string of the molecule is COc1cc(/C=N/[S+]([O-])C(C)(C)C)c(C(=O)O)cc1OC. The number of carboxylic acid groups (broad SMARTS) is 1. The van der Waals surface area contributed by atoms with Crippen LogP contribution >= 0.6 is 0 Å². The zero-order chi connectivity index (χ0) is 16.2. The fourth-order valence-electron chi connectivity index (χ4n) is 1.45. The van der Waals surface area contributed by atoms with Crippen molar-refractivity contribution in [2.24, 2.45) is 4.40 Å². The van der Waals surface area contributed by atoms with E-state index in [-0.39, 0.29) is 5.56 Å². The molecule has 1 unspecified atom stereocenters. The van der Waals surface area contributed by atoms with Gasteiger partial charge in [0.2, 0.25) is 0 Å². The predicted octanol–water partition coefficient (Wildman–Crippen LogP) is 2.28. The second-order valence-electron chi connectivity index (χ2n) is 5.20. The van der Waals surface area contributed by atoms with Gasteiger partial charge in [0.25, 0.3) is 0 Å². The highest BCUT2D eigenvalue weighted by Crippen LogP contribution is 2.30. The monoisotopic (exact) mass is 313 g/mol. The van der Waals surface area contributed by atoms with E-state index in [4.69, 9.17) is 9.47 Å². The number of carbonyl (C=O) groups is 1. The van der Waals surface area contributed by atoms with Crippen molar-refractivity contribution in [1.29, 1.82) is 0 Å². The zero-order valence-electron chi connectivity index (χ0n) is 12.7. The molecule has 0 heterocycles. The Kier molecular flexibility index (Phi) is 5.62. The van der Waals surface area contributed by atoms with Crippen LogP contribution in [0.5, 0.6) is 11.5 Å². The van der Waals surface area contributed by atoms with Gasteiger partial charge in [0.1, 0.15) is 16.1 Å². The molecule has 0 bridgehead atoms. The minimum Gasteiger partial charge on any atom is -0.591 e. The number of rotatable bonds is 5. The average molecular weight is 313 g/mol. The summed E-state index contributed by atoms with van der Waals surface area (Å²) in [6.45, 7) is 5.35. The van der Waals surface area contributed by atoms with E-state index < -0.39 is 22.1 Å². The molecule has 1 atom stereocenters. The summed E-state index contributed by atoms with van der Waals surface area (Å²) >= 11 is -1.47. The van der Waals surface area contributed by atoms with Gasteiger partial charge in [-0.1, -0.05) is 4.40 Å². The summed E-state index contributed by atoms with van der Waals surface area (Å²) in [5.41, 5.74) is 0.306. The minimum atomic E-state index is -1.47. The average Bonchev–Trinajstić information content (AvgIpc) is 2.42. The lowest BCUT2D eigenvalue weighted by Gasteiger charge is -2.18. The standard InChI is InChI=1S/C14H19NO5S/c1-14(2,3)21(18)15-8-9-6-11(19-4)12(20-5)7-10(9)13(16)17/h6-8H,1-5H3,(H,16,17)/b15-8+. The van der Waals surface area contributed by atoms with Crippen LogP contribution in [0.2, 0.25) is 0 Å². The molecule has 0 spiro atoms. The van der Waals surface area contributed by atoms with Gasteiger partial charge in [-0.05, 0) is 32.9 Å². The van der Waals surface area contributed by atoms with Crippen molar-refractivity contribution < 1.29 is 23.9 Å². The van der Waals surface area contributed by atoms with Crippen molar-refractivity contribution in [3.63, 3.8) is 0 Å². The molecule has 116 valence electrons. The van der Waals surface area contributed by atoms with Crippen LogP contribution in [0.15, 0.2) is 16.5 Å². The van der Waals surface area contributed by atoms with E-state index in [1.807, 2.05) is 0 Å². The first-order chi connectivity index (χ1) is 9.70. The molecule has 0 amide bonds. The van der Waals surface area contributed by atoms with Crippen molar-refractivity contribution in [2.75, 3.05) is 14.2 Å². The normalized spacial score (nSPS) is 13.2. The summed E-state index contributed by atoms with van der Waals surface area (Å²) in [4.78, 5) is 11.3. The van der Waals surface area contributed by atoms with Crippen LogP contribution in [0.25, 0.3) is 0 Å². The molecule has 0 fully saturated rings. The molecule has 1 rings (SSSR count). The Bertz CT molecular complexity index is 551. The summed E-state index contributed by atoms with van der Waals surface area (Å²) in [6, 6.07) is 2.84. The molecule has 6 nitrogen and oxygen atoms in total. The van der Waals surface area contributed by atoms with Crippen LogP contribution in [0.4, 0.5) is 0 Å². The number of ether oxygens (including phenoxy) is 2. The van der Waals surface area contributed by atoms with E-state index in [1.54, 1.807) is 20.8 Å². The highest BCUT2D eigenvalue weighted by Gasteiger charge is 2.26. The van der Waals surface area contributed by atoms with Gasteiger partial charge in [-0.3, -0.25) is 0 Å². The van der Waals surface area contributed by atoms with Crippen LogP contribution in [-0.4, -0.2) is 40.8 Å². The largest absolute Gasteiger partial charge is 0.591 e. The fourth-order valence-corrected chi connectivity index (χ4v) is 1.98. The molecule has 1 aromatic carbocycles. The Hall–Kier alpha value is -1.73. The van der Waals surface area contributed by atoms with Gasteiger partial charge in [0.05, 0.1) is 26.0 Å². The lowest BCUT2D eigenvalue weighted by Crippen LogP contribution is -2.25. The van der Waals surface area contributed by atoms with Gasteiger partial charge in [-0.15, -0.1) is 0 Å². The van der Waals surface area contributed by atoms with E-state index >= 15 is 0 Å². The maximum absolute atomic E-state index is 11.9. The third-order valence-electron chi connectivity index (χ3n) is 2.60. The Balaban J connectivity index is 3.27. The quantitative estimate of drug-likeness (QED) is 0.665. The first-order valence-electron chi connectivity index (χ1n) is 6.16. The number of hydrogen-bond donors (Lipinski definition) is 1. The van der Waals surface area contributed by atoms with E-state index in [0.717, 1.165) is 0 Å².